The van der Waals surface area contributed by atoms with Crippen molar-refractivity contribution >= 4 is 40.1 Å². The van der Waals surface area contributed by atoms with Gasteiger partial charge in [0.1, 0.15) is 5.15 Å². The predicted molar refractivity (Wildman–Crippen MR) is 75.2 cm³/mol. The molecule has 0 aromatic carbocycles. The van der Waals surface area contributed by atoms with E-state index in [0.29, 0.717) is 5.15 Å². The summed E-state index contributed by atoms with van der Waals surface area (Å²) in [5.74, 6) is 0.796. The maximum absolute atomic E-state index is 6.09. The first kappa shape index (κ1) is 12.4. The van der Waals surface area contributed by atoms with Crippen molar-refractivity contribution in [3.8, 4) is 0 Å². The quantitative estimate of drug-likeness (QED) is 0.573. The first-order chi connectivity index (χ1) is 7.68. The van der Waals surface area contributed by atoms with Crippen molar-refractivity contribution in [2.24, 2.45) is 0 Å². The highest BCUT2D eigenvalue weighted by molar-refractivity contribution is 14.1. The van der Waals surface area contributed by atoms with Crippen LogP contribution in [0.1, 0.15) is 31.4 Å². The van der Waals surface area contributed by atoms with Gasteiger partial charge in [-0.15, -0.1) is 0 Å². The Morgan fingerprint density at radius 3 is 2.31 bits per heavy atom. The predicted octanol–water partition coefficient (Wildman–Crippen LogP) is 3.42. The zero-order valence-electron chi connectivity index (χ0n) is 9.34. The lowest BCUT2D eigenvalue weighted by Crippen LogP contribution is -2.26. The van der Waals surface area contributed by atoms with Crippen LogP contribution in [0.2, 0.25) is 5.15 Å². The van der Waals surface area contributed by atoms with E-state index in [2.05, 4.69) is 37.5 Å². The van der Waals surface area contributed by atoms with Gasteiger partial charge < -0.3 is 4.90 Å². The highest BCUT2D eigenvalue weighted by Gasteiger charge is 2.15. The molecule has 0 unspecified atom stereocenters. The average molecular weight is 352 g/mol. The molecule has 1 aromatic rings. The summed E-state index contributed by atoms with van der Waals surface area (Å²) in [6.07, 6.45) is 5.08. The summed E-state index contributed by atoms with van der Waals surface area (Å²) >= 11 is 8.28. The molecular formula is C11H15ClIN3. The molecule has 2 rings (SSSR count). The Morgan fingerprint density at radius 1 is 1.12 bits per heavy atom. The molecule has 88 valence electrons. The summed E-state index contributed by atoms with van der Waals surface area (Å²) < 4.78 is 0.956. The third-order valence-corrected chi connectivity index (χ3v) is 4.74. The van der Waals surface area contributed by atoms with Crippen molar-refractivity contribution < 1.29 is 0 Å². The number of aromatic nitrogens is 2. The van der Waals surface area contributed by atoms with Crippen molar-refractivity contribution in [1.82, 2.24) is 9.97 Å². The van der Waals surface area contributed by atoms with E-state index < -0.39 is 0 Å². The van der Waals surface area contributed by atoms with Gasteiger partial charge in [0, 0.05) is 13.1 Å². The van der Waals surface area contributed by atoms with Crippen molar-refractivity contribution in [1.29, 1.82) is 0 Å². The van der Waals surface area contributed by atoms with E-state index in [-0.39, 0.29) is 0 Å². The Hall–Kier alpha value is -0.100. The molecule has 0 radical (unpaired) electrons. The summed E-state index contributed by atoms with van der Waals surface area (Å²) in [6, 6.07) is 0. The largest absolute Gasteiger partial charge is 0.341 e. The number of halogens is 2. The van der Waals surface area contributed by atoms with Crippen LogP contribution in [0, 0.1) is 10.5 Å². The monoisotopic (exact) mass is 351 g/mol. The smallest absolute Gasteiger partial charge is 0.227 e. The molecule has 0 bridgehead atoms. The molecule has 0 aliphatic carbocycles. The van der Waals surface area contributed by atoms with Crippen molar-refractivity contribution in [3.05, 3.63) is 14.4 Å². The molecule has 1 saturated heterocycles. The molecule has 0 N–H and O–H groups in total. The molecular weight excluding hydrogens is 336 g/mol. The molecule has 0 atom stereocenters. The van der Waals surface area contributed by atoms with Crippen LogP contribution < -0.4 is 4.90 Å². The highest BCUT2D eigenvalue weighted by atomic mass is 127. The fourth-order valence-electron chi connectivity index (χ4n) is 1.92. The van der Waals surface area contributed by atoms with Gasteiger partial charge in [-0.1, -0.05) is 24.4 Å². The van der Waals surface area contributed by atoms with E-state index in [4.69, 9.17) is 11.6 Å². The number of nitrogens with zero attached hydrogens (tertiary/aromatic N) is 3. The van der Waals surface area contributed by atoms with Gasteiger partial charge in [-0.2, -0.15) is 4.98 Å². The van der Waals surface area contributed by atoms with Gasteiger partial charge in [-0.3, -0.25) is 0 Å². The minimum Gasteiger partial charge on any atom is -0.341 e. The third kappa shape index (κ3) is 2.77. The molecule has 3 nitrogen and oxygen atoms in total. The van der Waals surface area contributed by atoms with E-state index in [1.807, 2.05) is 6.92 Å². The molecule has 2 heterocycles. The summed E-state index contributed by atoms with van der Waals surface area (Å²) in [5.41, 5.74) is 0.972. The number of rotatable bonds is 1. The Balaban J connectivity index is 2.25. The second-order valence-corrected chi connectivity index (χ2v) is 5.55. The molecule has 0 amide bonds. The lowest BCUT2D eigenvalue weighted by molar-refractivity contribution is 0.726. The zero-order valence-corrected chi connectivity index (χ0v) is 12.3. The molecule has 1 aliphatic rings. The van der Waals surface area contributed by atoms with E-state index >= 15 is 0 Å². The number of anilines is 1. The summed E-state index contributed by atoms with van der Waals surface area (Å²) in [6.45, 7) is 4.09. The first-order valence-corrected chi connectivity index (χ1v) is 7.09. The van der Waals surface area contributed by atoms with E-state index in [0.717, 1.165) is 28.3 Å². The molecule has 5 heteroatoms. The van der Waals surface area contributed by atoms with Crippen molar-refractivity contribution in [2.75, 3.05) is 18.0 Å². The summed E-state index contributed by atoms with van der Waals surface area (Å²) in [7, 11) is 0. The van der Waals surface area contributed by atoms with Crippen LogP contribution in [0.25, 0.3) is 0 Å². The van der Waals surface area contributed by atoms with Crippen LogP contribution >= 0.6 is 34.2 Å². The zero-order chi connectivity index (χ0) is 11.5. The topological polar surface area (TPSA) is 29.0 Å². The van der Waals surface area contributed by atoms with E-state index in [1.54, 1.807) is 0 Å². The normalized spacial score (nSPS) is 17.3. The second-order valence-electron chi connectivity index (χ2n) is 4.12. The minimum atomic E-state index is 0.576. The van der Waals surface area contributed by atoms with Gasteiger partial charge in [0.2, 0.25) is 5.95 Å². The highest BCUT2D eigenvalue weighted by Crippen LogP contribution is 2.23. The van der Waals surface area contributed by atoms with Crippen LogP contribution in [-0.4, -0.2) is 23.1 Å². The SMILES string of the molecule is Cc1nc(N2CCCCCC2)nc(Cl)c1I. The Bertz CT molecular complexity index is 352. The standard InChI is InChI=1S/C11H15ClIN3/c1-8-9(13)10(12)15-11(14-8)16-6-4-2-3-5-7-16/h2-7H2,1H3. The molecule has 16 heavy (non-hydrogen) atoms. The third-order valence-electron chi connectivity index (χ3n) is 2.85. The first-order valence-electron chi connectivity index (χ1n) is 5.63. The van der Waals surface area contributed by atoms with Gasteiger partial charge in [-0.05, 0) is 42.4 Å². The van der Waals surface area contributed by atoms with Gasteiger partial charge in [0.05, 0.1) is 9.26 Å². The van der Waals surface area contributed by atoms with Crippen LogP contribution in [0.3, 0.4) is 0 Å². The summed E-state index contributed by atoms with van der Waals surface area (Å²) in [4.78, 5) is 11.1. The summed E-state index contributed by atoms with van der Waals surface area (Å²) in [5, 5.41) is 0.576. The van der Waals surface area contributed by atoms with E-state index in [9.17, 15) is 0 Å². The maximum atomic E-state index is 6.09. The molecule has 1 aliphatic heterocycles. The molecule has 0 saturated carbocycles. The van der Waals surface area contributed by atoms with Gasteiger partial charge in [0.15, 0.2) is 0 Å². The molecule has 1 fully saturated rings. The Labute approximate surface area is 115 Å². The number of hydrogen-bond donors (Lipinski definition) is 0. The lowest BCUT2D eigenvalue weighted by Gasteiger charge is -2.20. The maximum Gasteiger partial charge on any atom is 0.227 e. The van der Waals surface area contributed by atoms with Crippen LogP contribution in [0.4, 0.5) is 5.95 Å². The lowest BCUT2D eigenvalue weighted by atomic mass is 10.2. The Kier molecular flexibility index (Phi) is 4.24. The minimum absolute atomic E-state index is 0.576. The van der Waals surface area contributed by atoms with Crippen LogP contribution in [0.15, 0.2) is 0 Å². The fraction of sp³-hybridized carbons (Fsp3) is 0.636. The van der Waals surface area contributed by atoms with Crippen LogP contribution in [-0.2, 0) is 0 Å². The van der Waals surface area contributed by atoms with Gasteiger partial charge in [0.25, 0.3) is 0 Å². The Morgan fingerprint density at radius 2 is 1.75 bits per heavy atom. The van der Waals surface area contributed by atoms with Crippen molar-refractivity contribution in [2.45, 2.75) is 32.6 Å². The number of hydrogen-bond acceptors (Lipinski definition) is 3. The van der Waals surface area contributed by atoms with Crippen molar-refractivity contribution in [3.63, 3.8) is 0 Å². The second kappa shape index (κ2) is 5.49. The van der Waals surface area contributed by atoms with Crippen LogP contribution in [0.5, 0.6) is 0 Å². The van der Waals surface area contributed by atoms with Gasteiger partial charge >= 0.3 is 0 Å². The average Bonchev–Trinajstić information content (AvgIpc) is 2.53. The molecule has 1 aromatic heterocycles. The molecule has 0 spiro atoms. The van der Waals surface area contributed by atoms with E-state index in [1.165, 1.54) is 25.7 Å². The fourth-order valence-corrected chi connectivity index (χ4v) is 2.38. The van der Waals surface area contributed by atoms with Gasteiger partial charge in [-0.25, -0.2) is 4.98 Å². The number of aryl methyl sites for hydroxylation is 1.